The molecule has 0 aromatic rings. The number of sulfonamides is 1. The molecule has 0 radical (unpaired) electrons. The Kier molecular flexibility index (Phi) is 10.7. The lowest BCUT2D eigenvalue weighted by Crippen LogP contribution is -2.53. The number of nitrogens with zero attached hydrogens (tertiary/aromatic N) is 1. The molecule has 0 unspecified atom stereocenters. The second-order valence-corrected chi connectivity index (χ2v) is 8.65. The lowest BCUT2D eigenvalue weighted by atomic mass is 10.0. The van der Waals surface area contributed by atoms with Crippen molar-refractivity contribution in [1.29, 1.82) is 0 Å². The molecule has 0 aliphatic heterocycles. The quantitative estimate of drug-likeness (QED) is 0.224. The van der Waals surface area contributed by atoms with E-state index in [9.17, 15) is 8.42 Å². The third kappa shape index (κ3) is 11.1. The zero-order valence-corrected chi connectivity index (χ0v) is 18.0. The summed E-state index contributed by atoms with van der Waals surface area (Å²) in [5, 5.41) is 6.46. The average molecular weight is 460 g/mol. The highest BCUT2D eigenvalue weighted by Crippen LogP contribution is 2.28. The van der Waals surface area contributed by atoms with E-state index >= 15 is 0 Å². The largest absolute Gasteiger partial charge is 0.356 e. The number of halogens is 1. The molecule has 0 aromatic carbocycles. The van der Waals surface area contributed by atoms with Crippen LogP contribution in [0.1, 0.15) is 52.4 Å². The summed E-state index contributed by atoms with van der Waals surface area (Å²) in [6, 6.07) is 0. The van der Waals surface area contributed by atoms with Gasteiger partial charge in [-0.1, -0.05) is 25.7 Å². The lowest BCUT2D eigenvalue weighted by molar-refractivity contribution is 0.445. The van der Waals surface area contributed by atoms with Crippen molar-refractivity contribution in [2.75, 3.05) is 26.4 Å². The van der Waals surface area contributed by atoms with Crippen LogP contribution < -0.4 is 15.4 Å². The number of aliphatic imine (C=N–C) groups is 1. The van der Waals surface area contributed by atoms with Crippen LogP contribution in [0.3, 0.4) is 0 Å². The Morgan fingerprint density at radius 3 is 2.35 bits per heavy atom. The maximum Gasteiger partial charge on any atom is 0.209 e. The first-order valence-corrected chi connectivity index (χ1v) is 10.0. The van der Waals surface area contributed by atoms with Crippen molar-refractivity contribution >= 4 is 40.0 Å². The van der Waals surface area contributed by atoms with Gasteiger partial charge in [-0.2, -0.15) is 0 Å². The molecule has 0 heterocycles. The average Bonchev–Trinajstić information content (AvgIpc) is 2.88. The molecular formula is C15H33IN4O2S. The monoisotopic (exact) mass is 460 g/mol. The molecule has 1 aliphatic rings. The first-order chi connectivity index (χ1) is 10.2. The molecule has 1 rings (SSSR count). The minimum Gasteiger partial charge on any atom is -0.356 e. The van der Waals surface area contributed by atoms with Gasteiger partial charge in [0.25, 0.3) is 0 Å². The summed E-state index contributed by atoms with van der Waals surface area (Å²) in [5.74, 6) is 1.63. The predicted molar refractivity (Wildman–Crippen MR) is 108 cm³/mol. The van der Waals surface area contributed by atoms with E-state index in [-0.39, 0.29) is 24.0 Å². The van der Waals surface area contributed by atoms with Crippen molar-refractivity contribution in [3.05, 3.63) is 0 Å². The Bertz CT molecular complexity index is 460. The summed E-state index contributed by atoms with van der Waals surface area (Å²) < 4.78 is 25.2. The Hall–Kier alpha value is -0.0900. The van der Waals surface area contributed by atoms with Gasteiger partial charge in [0.15, 0.2) is 5.96 Å². The Morgan fingerprint density at radius 1 is 1.22 bits per heavy atom. The molecular weight excluding hydrogens is 427 g/mol. The number of rotatable bonds is 8. The van der Waals surface area contributed by atoms with Crippen molar-refractivity contribution in [2.45, 2.75) is 57.9 Å². The van der Waals surface area contributed by atoms with Crippen LogP contribution in [0.5, 0.6) is 0 Å². The van der Waals surface area contributed by atoms with Gasteiger partial charge >= 0.3 is 0 Å². The fraction of sp³-hybridized carbons (Fsp3) is 0.933. The summed E-state index contributed by atoms with van der Waals surface area (Å²) >= 11 is 0. The molecule has 1 aliphatic carbocycles. The summed E-state index contributed by atoms with van der Waals surface area (Å²) in [6.07, 6.45) is 9.16. The van der Waals surface area contributed by atoms with Crippen LogP contribution in [0, 0.1) is 5.92 Å². The molecule has 3 N–H and O–H groups in total. The first-order valence-electron chi connectivity index (χ1n) is 8.15. The zero-order valence-electron chi connectivity index (χ0n) is 14.8. The van der Waals surface area contributed by atoms with Crippen molar-refractivity contribution < 1.29 is 8.42 Å². The normalized spacial score (nSPS) is 17.0. The smallest absolute Gasteiger partial charge is 0.209 e. The van der Waals surface area contributed by atoms with Crippen LogP contribution in [0.25, 0.3) is 0 Å². The predicted octanol–water partition coefficient (Wildman–Crippen LogP) is 2.07. The van der Waals surface area contributed by atoms with Gasteiger partial charge in [0.1, 0.15) is 0 Å². The van der Waals surface area contributed by atoms with E-state index in [0.29, 0.717) is 6.54 Å². The van der Waals surface area contributed by atoms with Gasteiger partial charge in [-0.05, 0) is 32.6 Å². The third-order valence-electron chi connectivity index (χ3n) is 3.94. The molecule has 138 valence electrons. The summed E-state index contributed by atoms with van der Waals surface area (Å²) in [7, 11) is -1.49. The molecule has 0 bridgehead atoms. The van der Waals surface area contributed by atoms with E-state index in [4.69, 9.17) is 0 Å². The topological polar surface area (TPSA) is 82.6 Å². The summed E-state index contributed by atoms with van der Waals surface area (Å²) in [6.45, 7) is 5.06. The van der Waals surface area contributed by atoms with Crippen LogP contribution in [0.15, 0.2) is 4.99 Å². The van der Waals surface area contributed by atoms with E-state index < -0.39 is 15.6 Å². The van der Waals surface area contributed by atoms with E-state index in [1.54, 1.807) is 7.05 Å². The van der Waals surface area contributed by atoms with Gasteiger partial charge in [0, 0.05) is 25.7 Å². The van der Waals surface area contributed by atoms with Crippen molar-refractivity contribution in [1.82, 2.24) is 15.4 Å². The molecule has 6 nitrogen and oxygen atoms in total. The molecule has 23 heavy (non-hydrogen) atoms. The fourth-order valence-electron chi connectivity index (χ4n) is 2.96. The van der Waals surface area contributed by atoms with Crippen LogP contribution in [-0.2, 0) is 10.0 Å². The number of guanidine groups is 1. The SMILES string of the molecule is CN=C(NCCCC1CCCC1)NCC(C)(C)NS(C)(=O)=O.I. The summed E-state index contributed by atoms with van der Waals surface area (Å²) in [4.78, 5) is 4.17. The molecule has 0 saturated heterocycles. The Labute approximate surface area is 158 Å². The van der Waals surface area contributed by atoms with Gasteiger partial charge in [0.05, 0.1) is 6.26 Å². The van der Waals surface area contributed by atoms with E-state index in [1.165, 1.54) is 38.4 Å². The van der Waals surface area contributed by atoms with E-state index in [2.05, 4.69) is 20.3 Å². The first kappa shape index (κ1) is 22.9. The zero-order chi connectivity index (χ0) is 16.6. The molecule has 1 saturated carbocycles. The van der Waals surface area contributed by atoms with E-state index in [0.717, 1.165) is 24.8 Å². The van der Waals surface area contributed by atoms with E-state index in [1.807, 2.05) is 13.8 Å². The molecule has 1 fully saturated rings. The standard InChI is InChI=1S/C15H32N4O2S.HI/c1-15(2,19-22(4,20)21)12-18-14(16-3)17-11-7-10-13-8-5-6-9-13;/h13,19H,5-12H2,1-4H3,(H2,16,17,18);1H. The molecule has 0 spiro atoms. The molecule has 0 amide bonds. The van der Waals surface area contributed by atoms with Crippen molar-refractivity contribution in [3.63, 3.8) is 0 Å². The number of hydrogen-bond donors (Lipinski definition) is 3. The van der Waals surface area contributed by atoms with Crippen LogP contribution in [0.2, 0.25) is 0 Å². The number of hydrogen-bond acceptors (Lipinski definition) is 3. The van der Waals surface area contributed by atoms with Gasteiger partial charge < -0.3 is 10.6 Å². The minimum atomic E-state index is -3.22. The van der Waals surface area contributed by atoms with Crippen LogP contribution >= 0.6 is 24.0 Å². The van der Waals surface area contributed by atoms with Crippen molar-refractivity contribution in [3.8, 4) is 0 Å². The van der Waals surface area contributed by atoms with Gasteiger partial charge in [0.2, 0.25) is 10.0 Å². The minimum absolute atomic E-state index is 0. The summed E-state index contributed by atoms with van der Waals surface area (Å²) in [5.41, 5.74) is -0.560. The highest BCUT2D eigenvalue weighted by molar-refractivity contribution is 14.0. The van der Waals surface area contributed by atoms with Gasteiger partial charge in [-0.15, -0.1) is 24.0 Å². The van der Waals surface area contributed by atoms with Gasteiger partial charge in [-0.25, -0.2) is 13.1 Å². The highest BCUT2D eigenvalue weighted by Gasteiger charge is 2.22. The van der Waals surface area contributed by atoms with Crippen LogP contribution in [0.4, 0.5) is 0 Å². The maximum absolute atomic E-state index is 11.3. The lowest BCUT2D eigenvalue weighted by Gasteiger charge is -2.26. The molecule has 0 aromatic heterocycles. The third-order valence-corrected chi connectivity index (χ3v) is 4.86. The second kappa shape index (κ2) is 10.7. The van der Waals surface area contributed by atoms with Crippen molar-refractivity contribution in [2.24, 2.45) is 10.9 Å². The maximum atomic E-state index is 11.3. The Morgan fingerprint density at radius 2 is 1.83 bits per heavy atom. The fourth-order valence-corrected chi connectivity index (χ4v) is 4.04. The second-order valence-electron chi connectivity index (χ2n) is 6.90. The molecule has 8 heteroatoms. The highest BCUT2D eigenvalue weighted by atomic mass is 127. The van der Waals surface area contributed by atoms with Gasteiger partial charge in [-0.3, -0.25) is 4.99 Å². The van der Waals surface area contributed by atoms with Crippen LogP contribution in [-0.4, -0.2) is 46.3 Å². The Balaban J connectivity index is 0.00000484. The number of nitrogens with one attached hydrogen (secondary N) is 3. The molecule has 0 atom stereocenters.